The zero-order valence-electron chi connectivity index (χ0n) is 11.9. The van der Waals surface area contributed by atoms with Gasteiger partial charge in [-0.05, 0) is 43.7 Å². The maximum Gasteiger partial charge on any atom is 0.251 e. The summed E-state index contributed by atoms with van der Waals surface area (Å²) < 4.78 is 0. The number of aryl methyl sites for hydroxylation is 2. The van der Waals surface area contributed by atoms with E-state index in [9.17, 15) is 4.79 Å². The number of nitrogens with one attached hydrogen (secondary N) is 2. The van der Waals surface area contributed by atoms with Gasteiger partial charge in [0.1, 0.15) is 5.82 Å². The van der Waals surface area contributed by atoms with E-state index in [4.69, 9.17) is 0 Å². The molecule has 2 aromatic rings. The number of carbonyl (C=O) groups is 1. The average molecular weight is 270 g/mol. The number of nitrogens with zero attached hydrogens (tertiary/aromatic N) is 2. The minimum absolute atomic E-state index is 0.105. The first kappa shape index (κ1) is 14.0. The van der Waals surface area contributed by atoms with Gasteiger partial charge in [0.2, 0.25) is 0 Å². The minimum atomic E-state index is -0.105. The molecule has 0 atom stereocenters. The molecule has 0 aliphatic rings. The molecule has 0 saturated heterocycles. The zero-order valence-corrected chi connectivity index (χ0v) is 11.9. The van der Waals surface area contributed by atoms with Gasteiger partial charge in [0.25, 0.3) is 5.91 Å². The lowest BCUT2D eigenvalue weighted by atomic mass is 10.1. The highest BCUT2D eigenvalue weighted by Gasteiger charge is 2.07. The highest BCUT2D eigenvalue weighted by atomic mass is 16.1. The number of anilines is 1. The Balaban J connectivity index is 2.03. The van der Waals surface area contributed by atoms with Crippen molar-refractivity contribution in [1.29, 1.82) is 0 Å². The van der Waals surface area contributed by atoms with Crippen molar-refractivity contribution >= 4 is 11.6 Å². The second kappa shape index (κ2) is 6.14. The van der Waals surface area contributed by atoms with Crippen LogP contribution in [0.3, 0.4) is 0 Å². The van der Waals surface area contributed by atoms with Crippen molar-refractivity contribution in [2.75, 3.05) is 12.4 Å². The molecule has 20 heavy (non-hydrogen) atoms. The average Bonchev–Trinajstić information content (AvgIpc) is 2.44. The van der Waals surface area contributed by atoms with Crippen LogP contribution in [0, 0.1) is 13.8 Å². The van der Waals surface area contributed by atoms with Crippen LogP contribution < -0.4 is 10.6 Å². The monoisotopic (exact) mass is 270 g/mol. The molecule has 5 heteroatoms. The van der Waals surface area contributed by atoms with E-state index in [0.29, 0.717) is 17.9 Å². The molecule has 0 bridgehead atoms. The van der Waals surface area contributed by atoms with Gasteiger partial charge in [-0.3, -0.25) is 4.79 Å². The molecule has 0 radical (unpaired) electrons. The molecule has 2 N–H and O–H groups in total. The van der Waals surface area contributed by atoms with E-state index in [1.165, 1.54) is 0 Å². The highest BCUT2D eigenvalue weighted by Crippen LogP contribution is 2.15. The van der Waals surface area contributed by atoms with Crippen LogP contribution in [0.15, 0.2) is 30.5 Å². The van der Waals surface area contributed by atoms with Crippen LogP contribution in [0.4, 0.5) is 5.69 Å². The van der Waals surface area contributed by atoms with Gasteiger partial charge in [0, 0.05) is 24.5 Å². The zero-order chi connectivity index (χ0) is 14.5. The third kappa shape index (κ3) is 3.32. The Morgan fingerprint density at radius 1 is 1.25 bits per heavy atom. The Bertz CT molecular complexity index is 625. The van der Waals surface area contributed by atoms with Crippen molar-refractivity contribution in [2.24, 2.45) is 0 Å². The van der Waals surface area contributed by atoms with E-state index < -0.39 is 0 Å². The molecule has 0 spiro atoms. The number of hydrogen-bond donors (Lipinski definition) is 2. The van der Waals surface area contributed by atoms with Gasteiger partial charge < -0.3 is 10.6 Å². The fraction of sp³-hybridized carbons (Fsp3) is 0.267. The first-order valence-electron chi connectivity index (χ1n) is 6.45. The van der Waals surface area contributed by atoms with Crippen molar-refractivity contribution in [1.82, 2.24) is 15.3 Å². The Hall–Kier alpha value is -2.43. The van der Waals surface area contributed by atoms with E-state index in [1.54, 1.807) is 18.3 Å². The lowest BCUT2D eigenvalue weighted by molar-refractivity contribution is 0.0950. The molecule has 1 heterocycles. The largest absolute Gasteiger partial charge is 0.388 e. The summed E-state index contributed by atoms with van der Waals surface area (Å²) in [5.41, 5.74) is 3.51. The molecule has 0 aliphatic carbocycles. The number of benzene rings is 1. The van der Waals surface area contributed by atoms with Crippen molar-refractivity contribution in [3.8, 4) is 0 Å². The maximum absolute atomic E-state index is 12.1. The summed E-state index contributed by atoms with van der Waals surface area (Å²) in [6, 6.07) is 7.37. The lowest BCUT2D eigenvalue weighted by Gasteiger charge is -2.09. The Morgan fingerprint density at radius 3 is 2.70 bits per heavy atom. The normalized spacial score (nSPS) is 10.2. The van der Waals surface area contributed by atoms with Crippen molar-refractivity contribution in [3.63, 3.8) is 0 Å². The van der Waals surface area contributed by atoms with E-state index in [-0.39, 0.29) is 5.91 Å². The van der Waals surface area contributed by atoms with Crippen LogP contribution in [0.25, 0.3) is 0 Å². The Labute approximate surface area is 118 Å². The predicted octanol–water partition coefficient (Wildman–Crippen LogP) is 2.07. The minimum Gasteiger partial charge on any atom is -0.388 e. The highest BCUT2D eigenvalue weighted by molar-refractivity contribution is 5.94. The van der Waals surface area contributed by atoms with Crippen molar-refractivity contribution < 1.29 is 4.79 Å². The lowest BCUT2D eigenvalue weighted by Crippen LogP contribution is -2.23. The van der Waals surface area contributed by atoms with Gasteiger partial charge in [0.05, 0.1) is 12.2 Å². The summed E-state index contributed by atoms with van der Waals surface area (Å²) in [5, 5.41) is 5.93. The van der Waals surface area contributed by atoms with Gasteiger partial charge in [-0.25, -0.2) is 9.97 Å². The van der Waals surface area contributed by atoms with Crippen molar-refractivity contribution in [2.45, 2.75) is 20.4 Å². The molecular formula is C15H18N4O. The molecule has 2 rings (SSSR count). The van der Waals surface area contributed by atoms with E-state index in [0.717, 1.165) is 16.9 Å². The molecule has 0 aliphatic heterocycles. The van der Waals surface area contributed by atoms with Gasteiger partial charge in [0.15, 0.2) is 0 Å². The molecule has 1 aromatic carbocycles. The molecular weight excluding hydrogens is 252 g/mol. The van der Waals surface area contributed by atoms with Gasteiger partial charge in [-0.1, -0.05) is 0 Å². The quantitative estimate of drug-likeness (QED) is 0.892. The number of carbonyl (C=O) groups excluding carboxylic acids is 1. The third-order valence-corrected chi connectivity index (χ3v) is 3.02. The second-order valence-corrected chi connectivity index (χ2v) is 4.56. The molecule has 0 unspecified atom stereocenters. The fourth-order valence-electron chi connectivity index (χ4n) is 1.96. The van der Waals surface area contributed by atoms with Crippen LogP contribution in [0.2, 0.25) is 0 Å². The molecule has 0 fully saturated rings. The summed E-state index contributed by atoms with van der Waals surface area (Å²) in [7, 11) is 1.86. The standard InChI is InChI=1S/C15H18N4O/c1-10-8-12(4-5-14(10)16-3)15(20)18-9-13-6-7-17-11(2)19-13/h4-8,16H,9H2,1-3H3,(H,18,20). The van der Waals surface area contributed by atoms with Crippen LogP contribution in [-0.2, 0) is 6.54 Å². The Morgan fingerprint density at radius 2 is 2.05 bits per heavy atom. The number of amides is 1. The van der Waals surface area contributed by atoms with Crippen LogP contribution >= 0.6 is 0 Å². The fourth-order valence-corrected chi connectivity index (χ4v) is 1.96. The number of hydrogen-bond acceptors (Lipinski definition) is 4. The molecule has 104 valence electrons. The maximum atomic E-state index is 12.1. The summed E-state index contributed by atoms with van der Waals surface area (Å²) >= 11 is 0. The first-order chi connectivity index (χ1) is 9.60. The smallest absolute Gasteiger partial charge is 0.251 e. The van der Waals surface area contributed by atoms with E-state index >= 15 is 0 Å². The SMILES string of the molecule is CNc1ccc(C(=O)NCc2ccnc(C)n2)cc1C. The number of rotatable bonds is 4. The van der Waals surface area contributed by atoms with Gasteiger partial charge >= 0.3 is 0 Å². The summed E-state index contributed by atoms with van der Waals surface area (Å²) in [5.74, 6) is 0.595. The van der Waals surface area contributed by atoms with Gasteiger partial charge in [-0.15, -0.1) is 0 Å². The summed E-state index contributed by atoms with van der Waals surface area (Å²) in [6.07, 6.45) is 1.69. The first-order valence-corrected chi connectivity index (χ1v) is 6.45. The second-order valence-electron chi connectivity index (χ2n) is 4.56. The summed E-state index contributed by atoms with van der Waals surface area (Å²) in [4.78, 5) is 20.4. The van der Waals surface area contributed by atoms with Crippen molar-refractivity contribution in [3.05, 3.63) is 53.1 Å². The third-order valence-electron chi connectivity index (χ3n) is 3.02. The molecule has 1 aromatic heterocycles. The van der Waals surface area contributed by atoms with Crippen LogP contribution in [0.1, 0.15) is 27.4 Å². The molecule has 0 saturated carbocycles. The number of aromatic nitrogens is 2. The van der Waals surface area contributed by atoms with Crippen LogP contribution in [0.5, 0.6) is 0 Å². The predicted molar refractivity (Wildman–Crippen MR) is 78.7 cm³/mol. The Kier molecular flexibility index (Phi) is 4.30. The molecule has 1 amide bonds. The van der Waals surface area contributed by atoms with Crippen LogP contribution in [-0.4, -0.2) is 22.9 Å². The molecule has 5 nitrogen and oxygen atoms in total. The topological polar surface area (TPSA) is 66.9 Å². The summed E-state index contributed by atoms with van der Waals surface area (Å²) in [6.45, 7) is 4.19. The van der Waals surface area contributed by atoms with Gasteiger partial charge in [-0.2, -0.15) is 0 Å². The van der Waals surface area contributed by atoms with E-state index in [2.05, 4.69) is 20.6 Å². The van der Waals surface area contributed by atoms with E-state index in [1.807, 2.05) is 33.0 Å².